The number of carbonyl (C=O) groups is 2. The minimum Gasteiger partial charge on any atom is -0.445 e. The minimum absolute atomic E-state index is 0.191. The summed E-state index contributed by atoms with van der Waals surface area (Å²) in [5, 5.41) is 0. The monoisotopic (exact) mass is 498 g/mol. The standard InChI is InChI=1S/C30H26O5S/c1-21-8-14-24(15-9-21)28(31)29(25-6-4-3-5-7-25)35-30(32)26-16-12-23(13-17-26)20-36(33,34)27-18-10-22(2)11-19-27/h3-19,29H,20H2,1-2H3/t29-/m0/s1. The van der Waals surface area contributed by atoms with Gasteiger partial charge in [0.25, 0.3) is 0 Å². The van der Waals surface area contributed by atoms with Crippen LogP contribution in [0.3, 0.4) is 0 Å². The van der Waals surface area contributed by atoms with Crippen LogP contribution in [0.5, 0.6) is 0 Å². The van der Waals surface area contributed by atoms with Crippen LogP contribution < -0.4 is 0 Å². The Morgan fingerprint density at radius 3 is 1.81 bits per heavy atom. The molecule has 0 saturated heterocycles. The second-order valence-electron chi connectivity index (χ2n) is 8.70. The number of esters is 1. The Labute approximate surface area is 211 Å². The highest BCUT2D eigenvalue weighted by Gasteiger charge is 2.27. The molecule has 0 bridgehead atoms. The van der Waals surface area contributed by atoms with Crippen molar-refractivity contribution >= 4 is 21.6 Å². The summed E-state index contributed by atoms with van der Waals surface area (Å²) in [6.45, 7) is 3.82. The van der Waals surface area contributed by atoms with Crippen LogP contribution in [0.1, 0.15) is 49.1 Å². The third-order valence-electron chi connectivity index (χ3n) is 5.83. The zero-order valence-corrected chi connectivity index (χ0v) is 20.9. The summed E-state index contributed by atoms with van der Waals surface area (Å²) in [5.41, 5.74) is 3.78. The molecule has 5 nitrogen and oxygen atoms in total. The Bertz CT molecular complexity index is 1460. The summed E-state index contributed by atoms with van der Waals surface area (Å²) in [5.74, 6) is -1.18. The van der Waals surface area contributed by atoms with Gasteiger partial charge < -0.3 is 4.74 Å². The number of Topliss-reactive ketones (excluding diaryl/α,β-unsaturated/α-hetero) is 1. The van der Waals surface area contributed by atoms with Gasteiger partial charge in [-0.3, -0.25) is 4.79 Å². The molecule has 0 amide bonds. The predicted octanol–water partition coefficient (Wildman–Crippen LogP) is 6.06. The number of aryl methyl sites for hydroxylation is 2. The van der Waals surface area contributed by atoms with Crippen molar-refractivity contribution in [1.29, 1.82) is 0 Å². The van der Waals surface area contributed by atoms with Gasteiger partial charge >= 0.3 is 5.97 Å². The van der Waals surface area contributed by atoms with E-state index in [1.807, 2.05) is 32.0 Å². The molecule has 36 heavy (non-hydrogen) atoms. The van der Waals surface area contributed by atoms with Crippen LogP contribution in [-0.2, 0) is 20.3 Å². The van der Waals surface area contributed by atoms with E-state index in [9.17, 15) is 18.0 Å². The molecule has 0 aliphatic rings. The first-order valence-corrected chi connectivity index (χ1v) is 13.1. The molecule has 0 aliphatic carbocycles. The molecule has 0 unspecified atom stereocenters. The van der Waals surface area contributed by atoms with Crippen molar-refractivity contribution in [3.05, 3.63) is 137 Å². The zero-order valence-electron chi connectivity index (χ0n) is 20.0. The van der Waals surface area contributed by atoms with E-state index in [-0.39, 0.29) is 22.0 Å². The fourth-order valence-corrected chi connectivity index (χ4v) is 5.08. The molecule has 0 radical (unpaired) electrons. The second-order valence-corrected chi connectivity index (χ2v) is 10.7. The lowest BCUT2D eigenvalue weighted by atomic mass is 9.99. The van der Waals surface area contributed by atoms with Gasteiger partial charge in [0.1, 0.15) is 0 Å². The summed E-state index contributed by atoms with van der Waals surface area (Å²) >= 11 is 0. The van der Waals surface area contributed by atoms with Crippen LogP contribution in [-0.4, -0.2) is 20.2 Å². The van der Waals surface area contributed by atoms with Gasteiger partial charge in [-0.2, -0.15) is 0 Å². The normalized spacial score (nSPS) is 12.1. The molecular formula is C30H26O5S. The quantitative estimate of drug-likeness (QED) is 0.218. The van der Waals surface area contributed by atoms with E-state index in [1.165, 1.54) is 12.1 Å². The molecule has 0 heterocycles. The van der Waals surface area contributed by atoms with E-state index >= 15 is 0 Å². The number of carbonyl (C=O) groups excluding carboxylic acids is 2. The number of hydrogen-bond acceptors (Lipinski definition) is 5. The number of ketones is 1. The lowest BCUT2D eigenvalue weighted by Gasteiger charge is -2.18. The minimum atomic E-state index is -3.52. The smallest absolute Gasteiger partial charge is 0.339 e. The van der Waals surface area contributed by atoms with Crippen molar-refractivity contribution < 1.29 is 22.7 Å². The molecule has 0 N–H and O–H groups in total. The van der Waals surface area contributed by atoms with Gasteiger partial charge in [0.15, 0.2) is 15.9 Å². The SMILES string of the molecule is Cc1ccc(C(=O)[C@@H](OC(=O)c2ccc(CS(=O)(=O)c3ccc(C)cc3)cc2)c2ccccc2)cc1. The number of benzene rings is 4. The van der Waals surface area contributed by atoms with E-state index in [2.05, 4.69) is 0 Å². The molecule has 0 aliphatic heterocycles. The zero-order chi connectivity index (χ0) is 25.7. The third kappa shape index (κ3) is 5.96. The van der Waals surface area contributed by atoms with Crippen molar-refractivity contribution in [3.8, 4) is 0 Å². The molecule has 1 atom stereocenters. The molecule has 4 rings (SSSR count). The maximum Gasteiger partial charge on any atom is 0.339 e. The predicted molar refractivity (Wildman–Crippen MR) is 139 cm³/mol. The van der Waals surface area contributed by atoms with Gasteiger partial charge in [0.05, 0.1) is 16.2 Å². The highest BCUT2D eigenvalue weighted by Crippen LogP contribution is 2.25. The van der Waals surface area contributed by atoms with E-state index in [0.717, 1.165) is 11.1 Å². The van der Waals surface area contributed by atoms with E-state index in [0.29, 0.717) is 16.7 Å². The number of rotatable bonds is 8. The topological polar surface area (TPSA) is 77.5 Å². The molecule has 182 valence electrons. The van der Waals surface area contributed by atoms with E-state index in [4.69, 9.17) is 4.74 Å². The second kappa shape index (κ2) is 10.7. The molecule has 0 aromatic heterocycles. The van der Waals surface area contributed by atoms with Crippen molar-refractivity contribution in [2.75, 3.05) is 0 Å². The highest BCUT2D eigenvalue weighted by molar-refractivity contribution is 7.90. The van der Waals surface area contributed by atoms with Gasteiger partial charge in [-0.1, -0.05) is 90.0 Å². The Kier molecular flexibility index (Phi) is 7.46. The largest absolute Gasteiger partial charge is 0.445 e. The lowest BCUT2D eigenvalue weighted by molar-refractivity contribution is 0.0280. The fourth-order valence-electron chi connectivity index (χ4n) is 3.73. The average Bonchev–Trinajstić information content (AvgIpc) is 2.88. The molecule has 4 aromatic rings. The molecule has 0 fully saturated rings. The van der Waals surface area contributed by atoms with Crippen molar-refractivity contribution in [2.45, 2.75) is 30.6 Å². The van der Waals surface area contributed by atoms with Gasteiger partial charge in [0.2, 0.25) is 5.78 Å². The molecular weight excluding hydrogens is 472 g/mol. The van der Waals surface area contributed by atoms with Gasteiger partial charge in [0, 0.05) is 11.1 Å². The van der Waals surface area contributed by atoms with Crippen LogP contribution in [0, 0.1) is 13.8 Å². The van der Waals surface area contributed by atoms with Gasteiger partial charge in [-0.25, -0.2) is 13.2 Å². The number of ether oxygens (including phenoxy) is 1. The highest BCUT2D eigenvalue weighted by atomic mass is 32.2. The van der Waals surface area contributed by atoms with Crippen LogP contribution in [0.15, 0.2) is 108 Å². The van der Waals surface area contributed by atoms with Gasteiger partial charge in [-0.05, 0) is 43.7 Å². The molecule has 4 aromatic carbocycles. The summed E-state index contributed by atoms with van der Waals surface area (Å²) in [6.07, 6.45) is -1.11. The number of hydrogen-bond donors (Lipinski definition) is 0. The summed E-state index contributed by atoms with van der Waals surface area (Å²) in [7, 11) is -3.52. The molecule has 0 spiro atoms. The van der Waals surface area contributed by atoms with E-state index in [1.54, 1.807) is 72.8 Å². The van der Waals surface area contributed by atoms with Crippen molar-refractivity contribution in [1.82, 2.24) is 0 Å². The lowest BCUT2D eigenvalue weighted by Crippen LogP contribution is -2.20. The van der Waals surface area contributed by atoms with Crippen LogP contribution in [0.4, 0.5) is 0 Å². The maximum atomic E-state index is 13.2. The van der Waals surface area contributed by atoms with E-state index < -0.39 is 21.9 Å². The Morgan fingerprint density at radius 1 is 0.694 bits per heavy atom. The maximum absolute atomic E-state index is 13.2. The van der Waals surface area contributed by atoms with Crippen molar-refractivity contribution in [2.24, 2.45) is 0 Å². The van der Waals surface area contributed by atoms with Crippen molar-refractivity contribution in [3.63, 3.8) is 0 Å². The Hall–Kier alpha value is -4.03. The Balaban J connectivity index is 1.52. The van der Waals surface area contributed by atoms with Crippen LogP contribution in [0.2, 0.25) is 0 Å². The number of sulfone groups is 1. The van der Waals surface area contributed by atoms with Crippen LogP contribution in [0.25, 0.3) is 0 Å². The first kappa shape index (κ1) is 25.1. The fraction of sp³-hybridized carbons (Fsp3) is 0.133. The summed E-state index contributed by atoms with van der Waals surface area (Å²) in [6, 6.07) is 28.8. The Morgan fingerprint density at radius 2 is 1.22 bits per heavy atom. The molecule has 6 heteroatoms. The first-order chi connectivity index (χ1) is 17.2. The molecule has 0 saturated carbocycles. The first-order valence-electron chi connectivity index (χ1n) is 11.5. The van der Waals surface area contributed by atoms with Crippen LogP contribution >= 0.6 is 0 Å². The average molecular weight is 499 g/mol. The summed E-state index contributed by atoms with van der Waals surface area (Å²) < 4.78 is 31.2. The van der Waals surface area contributed by atoms with Gasteiger partial charge in [-0.15, -0.1) is 0 Å². The third-order valence-corrected chi connectivity index (χ3v) is 7.53. The summed E-state index contributed by atoms with van der Waals surface area (Å²) in [4.78, 5) is 26.5.